The van der Waals surface area contributed by atoms with Gasteiger partial charge in [0, 0.05) is 25.3 Å². The first-order chi connectivity index (χ1) is 8.15. The van der Waals surface area contributed by atoms with Gasteiger partial charge in [0.25, 0.3) is 0 Å². The quantitative estimate of drug-likeness (QED) is 0.732. The molecule has 0 spiro atoms. The zero-order valence-corrected chi connectivity index (χ0v) is 11.2. The maximum absolute atomic E-state index is 11.1. The third-order valence-electron chi connectivity index (χ3n) is 2.71. The molecule has 0 fully saturated rings. The van der Waals surface area contributed by atoms with Crippen LogP contribution in [0.3, 0.4) is 0 Å². The first kappa shape index (κ1) is 14.0. The predicted molar refractivity (Wildman–Crippen MR) is 71.2 cm³/mol. The second kappa shape index (κ2) is 6.62. The highest BCUT2D eigenvalue weighted by atomic mass is 35.5. The number of ether oxygens (including phenoxy) is 1. The van der Waals surface area contributed by atoms with Crippen molar-refractivity contribution in [1.29, 1.82) is 0 Å². The van der Waals surface area contributed by atoms with Gasteiger partial charge < -0.3 is 9.64 Å². The van der Waals surface area contributed by atoms with E-state index in [9.17, 15) is 4.79 Å². The van der Waals surface area contributed by atoms with Crippen LogP contribution in [0.1, 0.15) is 24.2 Å². The number of hydrogen-bond acceptors (Lipinski definition) is 3. The van der Waals surface area contributed by atoms with E-state index >= 15 is 0 Å². The summed E-state index contributed by atoms with van der Waals surface area (Å²) in [5.41, 5.74) is 1.40. The lowest BCUT2D eigenvalue weighted by Crippen LogP contribution is -2.37. The van der Waals surface area contributed by atoms with Gasteiger partial charge in [-0.05, 0) is 26.0 Å². The number of aldehydes is 1. The van der Waals surface area contributed by atoms with E-state index < -0.39 is 0 Å². The minimum absolute atomic E-state index is 0.170. The molecule has 0 aliphatic rings. The van der Waals surface area contributed by atoms with E-state index in [0.29, 0.717) is 17.2 Å². The lowest BCUT2D eigenvalue weighted by molar-refractivity contribution is 0.112. The molecule has 1 aromatic rings. The van der Waals surface area contributed by atoms with Crippen molar-refractivity contribution in [2.75, 3.05) is 25.2 Å². The average molecular weight is 256 g/mol. The van der Waals surface area contributed by atoms with Crippen molar-refractivity contribution < 1.29 is 9.53 Å². The van der Waals surface area contributed by atoms with Gasteiger partial charge in [0.05, 0.1) is 17.3 Å². The molecule has 0 bridgehead atoms. The summed E-state index contributed by atoms with van der Waals surface area (Å²) < 4.78 is 5.15. The number of methoxy groups -OCH3 is 1. The Labute approximate surface area is 107 Å². The maximum Gasteiger partial charge on any atom is 0.152 e. The molecule has 0 saturated carbocycles. The van der Waals surface area contributed by atoms with Crippen LogP contribution < -0.4 is 4.90 Å². The van der Waals surface area contributed by atoms with Gasteiger partial charge in [-0.15, -0.1) is 0 Å². The van der Waals surface area contributed by atoms with Crippen LogP contribution in [0, 0.1) is 0 Å². The number of anilines is 1. The van der Waals surface area contributed by atoms with E-state index in [1.807, 2.05) is 13.8 Å². The van der Waals surface area contributed by atoms with Crippen molar-refractivity contribution in [2.45, 2.75) is 19.9 Å². The van der Waals surface area contributed by atoms with Gasteiger partial charge in [0.2, 0.25) is 0 Å². The standard InChI is InChI=1S/C13H18ClNO2/c1-4-15(10(2)9-17-3)13-11(8-16)6-5-7-12(13)14/h5-8,10H,4,9H2,1-3H3. The Morgan fingerprint density at radius 2 is 2.24 bits per heavy atom. The molecule has 1 aromatic carbocycles. The second-order valence-electron chi connectivity index (χ2n) is 3.89. The highest BCUT2D eigenvalue weighted by Crippen LogP contribution is 2.30. The minimum Gasteiger partial charge on any atom is -0.383 e. The summed E-state index contributed by atoms with van der Waals surface area (Å²) in [6.07, 6.45) is 0.837. The number of halogens is 1. The van der Waals surface area contributed by atoms with Crippen LogP contribution in [0.2, 0.25) is 5.02 Å². The molecule has 4 heteroatoms. The zero-order valence-electron chi connectivity index (χ0n) is 10.4. The highest BCUT2D eigenvalue weighted by Gasteiger charge is 2.18. The minimum atomic E-state index is 0.170. The largest absolute Gasteiger partial charge is 0.383 e. The van der Waals surface area contributed by atoms with Gasteiger partial charge in [-0.3, -0.25) is 4.79 Å². The molecule has 0 aliphatic carbocycles. The summed E-state index contributed by atoms with van der Waals surface area (Å²) in [5.74, 6) is 0. The molecule has 0 radical (unpaired) electrons. The van der Waals surface area contributed by atoms with E-state index in [4.69, 9.17) is 16.3 Å². The molecule has 0 aliphatic heterocycles. The molecule has 0 aromatic heterocycles. The van der Waals surface area contributed by atoms with Gasteiger partial charge in [-0.1, -0.05) is 17.7 Å². The number of para-hydroxylation sites is 1. The normalized spacial score (nSPS) is 12.2. The van der Waals surface area contributed by atoms with Crippen LogP contribution in [0.25, 0.3) is 0 Å². The van der Waals surface area contributed by atoms with Crippen molar-refractivity contribution in [1.82, 2.24) is 0 Å². The molecule has 0 heterocycles. The fraction of sp³-hybridized carbons (Fsp3) is 0.462. The van der Waals surface area contributed by atoms with Gasteiger partial charge in [0.15, 0.2) is 6.29 Å². The van der Waals surface area contributed by atoms with Gasteiger partial charge in [-0.2, -0.15) is 0 Å². The molecule has 0 saturated heterocycles. The molecular formula is C13H18ClNO2. The summed E-state index contributed by atoms with van der Waals surface area (Å²) in [7, 11) is 1.66. The Kier molecular flexibility index (Phi) is 5.45. The fourth-order valence-electron chi connectivity index (χ4n) is 1.95. The Bertz CT molecular complexity index is 382. The third-order valence-corrected chi connectivity index (χ3v) is 3.02. The molecule has 17 heavy (non-hydrogen) atoms. The van der Waals surface area contributed by atoms with Crippen molar-refractivity contribution in [3.8, 4) is 0 Å². The summed E-state index contributed by atoms with van der Waals surface area (Å²) in [6, 6.07) is 5.52. The lowest BCUT2D eigenvalue weighted by Gasteiger charge is -2.31. The van der Waals surface area contributed by atoms with Gasteiger partial charge >= 0.3 is 0 Å². The van der Waals surface area contributed by atoms with E-state index in [1.165, 1.54) is 0 Å². The Hall–Kier alpha value is -1.06. The smallest absolute Gasteiger partial charge is 0.152 e. The molecule has 1 unspecified atom stereocenters. The average Bonchev–Trinajstić information content (AvgIpc) is 2.32. The van der Waals surface area contributed by atoms with Crippen LogP contribution >= 0.6 is 11.6 Å². The van der Waals surface area contributed by atoms with Crippen LogP contribution in [0.5, 0.6) is 0 Å². The van der Waals surface area contributed by atoms with Gasteiger partial charge in [0.1, 0.15) is 0 Å². The van der Waals surface area contributed by atoms with Crippen LogP contribution in [-0.2, 0) is 4.74 Å². The predicted octanol–water partition coefficient (Wildman–Crippen LogP) is 3.01. The Morgan fingerprint density at radius 1 is 1.53 bits per heavy atom. The summed E-state index contributed by atoms with van der Waals surface area (Å²) in [5, 5.41) is 0.597. The summed E-state index contributed by atoms with van der Waals surface area (Å²) in [6.45, 7) is 5.45. The number of carbonyl (C=O) groups excluding carboxylic acids is 1. The van der Waals surface area contributed by atoms with E-state index in [1.54, 1.807) is 25.3 Å². The molecule has 0 amide bonds. The number of hydrogen-bond donors (Lipinski definition) is 0. The lowest BCUT2D eigenvalue weighted by atomic mass is 10.1. The second-order valence-corrected chi connectivity index (χ2v) is 4.29. The molecule has 1 atom stereocenters. The number of carbonyl (C=O) groups is 1. The molecule has 1 rings (SSSR count). The van der Waals surface area contributed by atoms with Crippen LogP contribution in [0.4, 0.5) is 5.69 Å². The molecule has 3 nitrogen and oxygen atoms in total. The number of nitrogens with zero attached hydrogens (tertiary/aromatic N) is 1. The monoisotopic (exact) mass is 255 g/mol. The molecule has 94 valence electrons. The highest BCUT2D eigenvalue weighted by molar-refractivity contribution is 6.33. The van der Waals surface area contributed by atoms with Crippen molar-refractivity contribution >= 4 is 23.6 Å². The summed E-state index contributed by atoms with van der Waals surface area (Å²) >= 11 is 6.18. The Morgan fingerprint density at radius 3 is 2.76 bits per heavy atom. The van der Waals surface area contributed by atoms with Gasteiger partial charge in [-0.25, -0.2) is 0 Å². The van der Waals surface area contributed by atoms with E-state index in [0.717, 1.165) is 18.5 Å². The number of benzene rings is 1. The topological polar surface area (TPSA) is 29.5 Å². The van der Waals surface area contributed by atoms with E-state index in [-0.39, 0.29) is 6.04 Å². The Balaban J connectivity index is 3.14. The first-order valence-corrected chi connectivity index (χ1v) is 6.02. The molecule has 0 N–H and O–H groups in total. The maximum atomic E-state index is 11.1. The van der Waals surface area contributed by atoms with Crippen molar-refractivity contribution in [3.63, 3.8) is 0 Å². The van der Waals surface area contributed by atoms with Crippen LogP contribution in [-0.4, -0.2) is 32.6 Å². The summed E-state index contributed by atoms with van der Waals surface area (Å²) in [4.78, 5) is 13.1. The number of likely N-dealkylation sites (N-methyl/N-ethyl adjacent to an activating group) is 1. The first-order valence-electron chi connectivity index (χ1n) is 5.65. The van der Waals surface area contributed by atoms with Crippen molar-refractivity contribution in [3.05, 3.63) is 28.8 Å². The third kappa shape index (κ3) is 3.20. The SMILES string of the molecule is CCN(c1c(Cl)cccc1C=O)C(C)COC. The van der Waals surface area contributed by atoms with Crippen LogP contribution in [0.15, 0.2) is 18.2 Å². The number of rotatable bonds is 6. The van der Waals surface area contributed by atoms with E-state index in [2.05, 4.69) is 4.90 Å². The zero-order chi connectivity index (χ0) is 12.8. The fourth-order valence-corrected chi connectivity index (χ4v) is 2.24. The van der Waals surface area contributed by atoms with Crippen molar-refractivity contribution in [2.24, 2.45) is 0 Å². The molecular weight excluding hydrogens is 238 g/mol.